The van der Waals surface area contributed by atoms with Crippen LogP contribution >= 0.6 is 11.6 Å². The summed E-state index contributed by atoms with van der Waals surface area (Å²) in [7, 11) is 0. The van der Waals surface area contributed by atoms with Crippen molar-refractivity contribution in [3.8, 4) is 5.88 Å². The Morgan fingerprint density at radius 1 is 1.50 bits per heavy atom. The molecule has 1 aromatic heterocycles. The second-order valence-corrected chi connectivity index (χ2v) is 4.11. The smallest absolute Gasteiger partial charge is 0.213 e. The Kier molecular flexibility index (Phi) is 3.98. The van der Waals surface area contributed by atoms with E-state index in [0.717, 1.165) is 26.1 Å². The maximum Gasteiger partial charge on any atom is 0.213 e. The summed E-state index contributed by atoms with van der Waals surface area (Å²) in [6.45, 7) is 1.35. The second-order valence-electron chi connectivity index (χ2n) is 3.70. The van der Waals surface area contributed by atoms with Gasteiger partial charge in [-0.15, -0.1) is 0 Å². The number of aromatic nitrogens is 1. The third-order valence-electron chi connectivity index (χ3n) is 2.54. The molecule has 0 spiro atoms. The highest BCUT2D eigenvalue weighted by atomic mass is 35.5. The lowest BCUT2D eigenvalue weighted by Crippen LogP contribution is -2.26. The maximum atomic E-state index is 9.06. The zero-order valence-corrected chi connectivity index (χ0v) is 9.61. The SMILES string of the molecule is OCc1cc(OC2CCOCC2)ncc1Cl. The van der Waals surface area contributed by atoms with E-state index in [-0.39, 0.29) is 12.7 Å². The van der Waals surface area contributed by atoms with Crippen LogP contribution in [0, 0.1) is 0 Å². The van der Waals surface area contributed by atoms with E-state index in [0.29, 0.717) is 16.5 Å². The normalized spacial score (nSPS) is 17.4. The van der Waals surface area contributed by atoms with Gasteiger partial charge in [-0.2, -0.15) is 0 Å². The summed E-state index contributed by atoms with van der Waals surface area (Å²) in [5, 5.41) is 9.52. The number of pyridine rings is 1. The molecule has 1 saturated heterocycles. The van der Waals surface area contributed by atoms with Gasteiger partial charge in [0.15, 0.2) is 0 Å². The summed E-state index contributed by atoms with van der Waals surface area (Å²) in [4.78, 5) is 4.07. The molecule has 0 bridgehead atoms. The van der Waals surface area contributed by atoms with E-state index in [1.54, 1.807) is 6.07 Å². The van der Waals surface area contributed by atoms with Crippen LogP contribution in [0.2, 0.25) is 5.02 Å². The fraction of sp³-hybridized carbons (Fsp3) is 0.545. The minimum Gasteiger partial charge on any atom is -0.474 e. The Morgan fingerprint density at radius 3 is 2.94 bits per heavy atom. The van der Waals surface area contributed by atoms with E-state index in [4.69, 9.17) is 26.2 Å². The Labute approximate surface area is 99.2 Å². The molecular weight excluding hydrogens is 230 g/mol. The van der Waals surface area contributed by atoms with Crippen LogP contribution in [-0.2, 0) is 11.3 Å². The van der Waals surface area contributed by atoms with E-state index in [2.05, 4.69) is 4.98 Å². The summed E-state index contributed by atoms with van der Waals surface area (Å²) in [6, 6.07) is 1.68. The average molecular weight is 244 g/mol. The predicted octanol–water partition coefficient (Wildman–Crippen LogP) is 1.79. The topological polar surface area (TPSA) is 51.6 Å². The van der Waals surface area contributed by atoms with Gasteiger partial charge in [0.1, 0.15) is 6.10 Å². The molecule has 0 radical (unpaired) electrons. The third-order valence-corrected chi connectivity index (χ3v) is 2.88. The zero-order valence-electron chi connectivity index (χ0n) is 8.86. The van der Waals surface area contributed by atoms with Crippen LogP contribution in [-0.4, -0.2) is 29.4 Å². The van der Waals surface area contributed by atoms with Gasteiger partial charge >= 0.3 is 0 Å². The highest BCUT2D eigenvalue weighted by Gasteiger charge is 2.16. The molecule has 1 N–H and O–H groups in total. The highest BCUT2D eigenvalue weighted by molar-refractivity contribution is 6.31. The largest absolute Gasteiger partial charge is 0.474 e. The summed E-state index contributed by atoms with van der Waals surface area (Å²) in [5.74, 6) is 0.514. The van der Waals surface area contributed by atoms with Gasteiger partial charge in [-0.1, -0.05) is 11.6 Å². The molecule has 2 heterocycles. The molecule has 0 unspecified atom stereocenters. The molecule has 0 amide bonds. The molecule has 1 fully saturated rings. The number of rotatable bonds is 3. The summed E-state index contributed by atoms with van der Waals surface area (Å²) in [5.41, 5.74) is 0.638. The van der Waals surface area contributed by atoms with Crippen LogP contribution in [0.3, 0.4) is 0 Å². The van der Waals surface area contributed by atoms with Gasteiger partial charge in [0.05, 0.1) is 24.8 Å². The van der Waals surface area contributed by atoms with Crippen LogP contribution < -0.4 is 4.74 Å². The van der Waals surface area contributed by atoms with Crippen molar-refractivity contribution in [1.29, 1.82) is 0 Å². The molecule has 1 aliphatic rings. The molecule has 5 heteroatoms. The number of aliphatic hydroxyl groups excluding tert-OH is 1. The molecule has 0 aromatic carbocycles. The molecule has 16 heavy (non-hydrogen) atoms. The van der Waals surface area contributed by atoms with Gasteiger partial charge in [-0.3, -0.25) is 0 Å². The van der Waals surface area contributed by atoms with E-state index in [9.17, 15) is 0 Å². The lowest BCUT2D eigenvalue weighted by Gasteiger charge is -2.22. The summed E-state index contributed by atoms with van der Waals surface area (Å²) in [6.07, 6.45) is 3.40. The van der Waals surface area contributed by atoms with Crippen LogP contribution in [0.15, 0.2) is 12.3 Å². The Bertz CT molecular complexity index is 353. The van der Waals surface area contributed by atoms with Crippen molar-refractivity contribution >= 4 is 11.6 Å². The molecule has 0 aliphatic carbocycles. The summed E-state index contributed by atoms with van der Waals surface area (Å²) >= 11 is 5.84. The zero-order chi connectivity index (χ0) is 11.4. The third kappa shape index (κ3) is 2.84. The number of nitrogens with zero attached hydrogens (tertiary/aromatic N) is 1. The molecule has 4 nitrogen and oxygen atoms in total. The van der Waals surface area contributed by atoms with Crippen LogP contribution in [0.4, 0.5) is 0 Å². The fourth-order valence-corrected chi connectivity index (χ4v) is 1.77. The molecule has 88 valence electrons. The predicted molar refractivity (Wildman–Crippen MR) is 59.6 cm³/mol. The van der Waals surface area contributed by atoms with Crippen molar-refractivity contribution < 1.29 is 14.6 Å². The number of halogens is 1. The van der Waals surface area contributed by atoms with Crippen molar-refractivity contribution in [2.45, 2.75) is 25.6 Å². The standard InChI is InChI=1S/C11H14ClNO3/c12-10-6-13-11(5-8(10)7-14)16-9-1-3-15-4-2-9/h5-6,9,14H,1-4,7H2. The van der Waals surface area contributed by atoms with Crippen LogP contribution in [0.5, 0.6) is 5.88 Å². The van der Waals surface area contributed by atoms with Gasteiger partial charge in [-0.25, -0.2) is 4.98 Å². The Morgan fingerprint density at radius 2 is 2.25 bits per heavy atom. The van der Waals surface area contributed by atoms with E-state index >= 15 is 0 Å². The number of hydrogen-bond donors (Lipinski definition) is 1. The van der Waals surface area contributed by atoms with Crippen LogP contribution in [0.1, 0.15) is 18.4 Å². The quantitative estimate of drug-likeness (QED) is 0.879. The molecule has 0 saturated carbocycles. The van der Waals surface area contributed by atoms with E-state index in [1.807, 2.05) is 0 Å². The minimum absolute atomic E-state index is 0.106. The summed E-state index contributed by atoms with van der Waals surface area (Å²) < 4.78 is 10.9. The molecule has 1 aliphatic heterocycles. The molecule has 0 atom stereocenters. The first-order valence-corrected chi connectivity index (χ1v) is 5.67. The van der Waals surface area contributed by atoms with Crippen molar-refractivity contribution in [2.24, 2.45) is 0 Å². The van der Waals surface area contributed by atoms with E-state index in [1.165, 1.54) is 6.20 Å². The minimum atomic E-state index is -0.106. The average Bonchev–Trinajstić information content (AvgIpc) is 2.33. The van der Waals surface area contributed by atoms with Crippen molar-refractivity contribution in [3.05, 3.63) is 22.8 Å². The molecule has 1 aromatic rings. The van der Waals surface area contributed by atoms with Gasteiger partial charge in [0.25, 0.3) is 0 Å². The Balaban J connectivity index is 2.03. The molecule has 2 rings (SSSR count). The van der Waals surface area contributed by atoms with Gasteiger partial charge in [-0.05, 0) is 0 Å². The monoisotopic (exact) mass is 243 g/mol. The van der Waals surface area contributed by atoms with Crippen molar-refractivity contribution in [1.82, 2.24) is 4.98 Å². The fourth-order valence-electron chi connectivity index (χ4n) is 1.61. The van der Waals surface area contributed by atoms with Crippen LogP contribution in [0.25, 0.3) is 0 Å². The lowest BCUT2D eigenvalue weighted by molar-refractivity contribution is 0.0236. The number of hydrogen-bond acceptors (Lipinski definition) is 4. The van der Waals surface area contributed by atoms with Gasteiger partial charge in [0.2, 0.25) is 5.88 Å². The number of ether oxygens (including phenoxy) is 2. The van der Waals surface area contributed by atoms with Gasteiger partial charge < -0.3 is 14.6 Å². The lowest BCUT2D eigenvalue weighted by atomic mass is 10.1. The first-order valence-electron chi connectivity index (χ1n) is 5.29. The first kappa shape index (κ1) is 11.6. The number of aliphatic hydroxyl groups is 1. The van der Waals surface area contributed by atoms with E-state index < -0.39 is 0 Å². The second kappa shape index (κ2) is 5.48. The maximum absolute atomic E-state index is 9.06. The van der Waals surface area contributed by atoms with Crippen molar-refractivity contribution in [3.63, 3.8) is 0 Å². The molecular formula is C11H14ClNO3. The first-order chi connectivity index (χ1) is 7.79. The highest BCUT2D eigenvalue weighted by Crippen LogP contribution is 2.21. The Hall–Kier alpha value is -0.840. The van der Waals surface area contributed by atoms with Gasteiger partial charge in [0, 0.05) is 30.7 Å². The van der Waals surface area contributed by atoms with Crippen molar-refractivity contribution in [2.75, 3.05) is 13.2 Å².